The minimum atomic E-state index is -0.421. The molecule has 1 aliphatic heterocycles. The fourth-order valence-electron chi connectivity index (χ4n) is 3.61. The summed E-state index contributed by atoms with van der Waals surface area (Å²) in [6.07, 6.45) is 2.44. The number of halogens is 1. The van der Waals surface area contributed by atoms with Crippen molar-refractivity contribution in [2.24, 2.45) is 0 Å². The molecule has 2 aromatic carbocycles. The second kappa shape index (κ2) is 9.40. The van der Waals surface area contributed by atoms with Crippen LogP contribution in [0.25, 0.3) is 0 Å². The number of nitrogens with zero attached hydrogens (tertiary/aromatic N) is 2. The monoisotopic (exact) mass is 397 g/mol. The molecule has 3 rings (SSSR count). The van der Waals surface area contributed by atoms with Crippen LogP contribution in [0.2, 0.25) is 0 Å². The lowest BCUT2D eigenvalue weighted by atomic mass is 9.87. The Balaban J connectivity index is 1.71. The molecule has 1 heterocycles. The smallest absolute Gasteiger partial charge is 0.319 e. The average Bonchev–Trinajstić information content (AvgIpc) is 3.20. The minimum Gasteiger partial charge on any atom is -0.319 e. The van der Waals surface area contributed by atoms with Crippen LogP contribution >= 0.6 is 0 Å². The van der Waals surface area contributed by atoms with Crippen LogP contribution in [-0.4, -0.2) is 42.0 Å². The molecule has 2 amide bonds. The fraction of sp³-hybridized carbons (Fsp3) is 0.458. The maximum atomic E-state index is 14.0. The molecule has 1 N–H and O–H groups in total. The molecule has 5 heteroatoms. The normalized spacial score (nSPS) is 14.8. The molecule has 156 valence electrons. The second-order valence-electron chi connectivity index (χ2n) is 8.83. The molecular weight excluding hydrogens is 365 g/mol. The number of amides is 2. The Morgan fingerprint density at radius 3 is 2.34 bits per heavy atom. The van der Waals surface area contributed by atoms with Gasteiger partial charge in [-0.1, -0.05) is 57.2 Å². The van der Waals surface area contributed by atoms with Gasteiger partial charge in [-0.25, -0.2) is 9.18 Å². The zero-order valence-corrected chi connectivity index (χ0v) is 17.7. The second-order valence-corrected chi connectivity index (χ2v) is 8.83. The lowest BCUT2D eigenvalue weighted by molar-refractivity contribution is 0.198. The zero-order chi connectivity index (χ0) is 20.9. The van der Waals surface area contributed by atoms with Gasteiger partial charge in [0.15, 0.2) is 0 Å². The quantitative estimate of drug-likeness (QED) is 0.722. The number of carbonyl (C=O) groups excluding carboxylic acids is 1. The molecule has 0 radical (unpaired) electrons. The molecule has 4 nitrogen and oxygen atoms in total. The van der Waals surface area contributed by atoms with Gasteiger partial charge in [-0.15, -0.1) is 0 Å². The topological polar surface area (TPSA) is 35.6 Å². The van der Waals surface area contributed by atoms with Gasteiger partial charge < -0.3 is 15.1 Å². The Morgan fingerprint density at radius 2 is 1.72 bits per heavy atom. The summed E-state index contributed by atoms with van der Waals surface area (Å²) in [6, 6.07) is 14.4. The van der Waals surface area contributed by atoms with Crippen LogP contribution in [0, 0.1) is 5.82 Å². The van der Waals surface area contributed by atoms with Crippen molar-refractivity contribution >= 4 is 11.7 Å². The highest BCUT2D eigenvalue weighted by Crippen LogP contribution is 2.23. The van der Waals surface area contributed by atoms with Crippen molar-refractivity contribution in [3.05, 3.63) is 65.5 Å². The van der Waals surface area contributed by atoms with E-state index in [1.54, 1.807) is 23.1 Å². The molecule has 29 heavy (non-hydrogen) atoms. The average molecular weight is 398 g/mol. The highest BCUT2D eigenvalue weighted by Gasteiger charge is 2.19. The maximum Gasteiger partial charge on any atom is 0.322 e. The van der Waals surface area contributed by atoms with Crippen molar-refractivity contribution in [3.63, 3.8) is 0 Å². The number of rotatable bonds is 6. The molecule has 1 fully saturated rings. The van der Waals surface area contributed by atoms with E-state index in [-0.39, 0.29) is 17.1 Å². The molecule has 0 aromatic heterocycles. The number of anilines is 1. The van der Waals surface area contributed by atoms with Crippen molar-refractivity contribution in [3.8, 4) is 0 Å². The van der Waals surface area contributed by atoms with E-state index in [0.717, 1.165) is 25.2 Å². The number of para-hydroxylation sites is 1. The molecule has 1 saturated heterocycles. The summed E-state index contributed by atoms with van der Waals surface area (Å²) in [5.74, 6) is -0.421. The van der Waals surface area contributed by atoms with Gasteiger partial charge in [-0.2, -0.15) is 0 Å². The van der Waals surface area contributed by atoms with Gasteiger partial charge >= 0.3 is 6.03 Å². The highest BCUT2D eigenvalue weighted by atomic mass is 19.1. The summed E-state index contributed by atoms with van der Waals surface area (Å²) in [5.41, 5.74) is 2.64. The number of hydrogen-bond donors (Lipinski definition) is 1. The Hall–Kier alpha value is -2.40. The Labute approximate surface area is 173 Å². The Morgan fingerprint density at radius 1 is 1.07 bits per heavy atom. The Kier molecular flexibility index (Phi) is 6.91. The number of likely N-dealkylation sites (tertiary alicyclic amines) is 1. The fourth-order valence-corrected chi connectivity index (χ4v) is 3.61. The molecule has 0 bridgehead atoms. The van der Waals surface area contributed by atoms with Crippen LogP contribution in [0.1, 0.15) is 44.7 Å². The number of nitrogens with one attached hydrogen (secondary N) is 1. The maximum absolute atomic E-state index is 14.0. The zero-order valence-electron chi connectivity index (χ0n) is 17.7. The van der Waals surface area contributed by atoms with Crippen molar-refractivity contribution in [1.29, 1.82) is 0 Å². The third-order valence-electron chi connectivity index (χ3n) is 5.48. The summed E-state index contributed by atoms with van der Waals surface area (Å²) in [4.78, 5) is 17.1. The summed E-state index contributed by atoms with van der Waals surface area (Å²) >= 11 is 0. The van der Waals surface area contributed by atoms with Gasteiger partial charge in [0.25, 0.3) is 0 Å². The van der Waals surface area contributed by atoms with Gasteiger partial charge in [-0.05, 0) is 54.6 Å². The molecule has 1 aliphatic rings. The molecule has 0 aliphatic carbocycles. The standard InChI is InChI=1S/C24H32FN3O/c1-24(2,3)20-12-10-19(11-13-20)18-28(17-16-27-14-6-7-15-27)23(29)26-22-9-5-4-8-21(22)25/h4-5,8-13H,6-7,14-18H2,1-3H3,(H,26,29). The number of benzene rings is 2. The number of hydrogen-bond acceptors (Lipinski definition) is 2. The summed E-state index contributed by atoms with van der Waals surface area (Å²) in [6.45, 7) is 10.7. The van der Waals surface area contributed by atoms with E-state index in [1.165, 1.54) is 24.5 Å². The van der Waals surface area contributed by atoms with Crippen LogP contribution in [0.4, 0.5) is 14.9 Å². The summed E-state index contributed by atoms with van der Waals surface area (Å²) in [7, 11) is 0. The van der Waals surface area contributed by atoms with E-state index in [9.17, 15) is 9.18 Å². The van der Waals surface area contributed by atoms with E-state index in [4.69, 9.17) is 0 Å². The first kappa shape index (κ1) is 21.3. The van der Waals surface area contributed by atoms with E-state index >= 15 is 0 Å². The number of carbonyl (C=O) groups is 1. The van der Waals surface area contributed by atoms with E-state index in [2.05, 4.69) is 55.3 Å². The summed E-state index contributed by atoms with van der Waals surface area (Å²) < 4.78 is 14.0. The van der Waals surface area contributed by atoms with Crippen molar-refractivity contribution < 1.29 is 9.18 Å². The molecule has 0 atom stereocenters. The van der Waals surface area contributed by atoms with Crippen LogP contribution in [0.3, 0.4) is 0 Å². The van der Waals surface area contributed by atoms with Gasteiger partial charge in [0.05, 0.1) is 5.69 Å². The van der Waals surface area contributed by atoms with Gasteiger partial charge in [0.1, 0.15) is 5.82 Å². The predicted molar refractivity (Wildman–Crippen MR) is 117 cm³/mol. The van der Waals surface area contributed by atoms with Crippen LogP contribution in [-0.2, 0) is 12.0 Å². The molecular formula is C24H32FN3O. The van der Waals surface area contributed by atoms with Crippen LogP contribution < -0.4 is 5.32 Å². The first-order chi connectivity index (χ1) is 13.8. The van der Waals surface area contributed by atoms with Crippen molar-refractivity contribution in [1.82, 2.24) is 9.80 Å². The van der Waals surface area contributed by atoms with Gasteiger partial charge in [-0.3, -0.25) is 0 Å². The first-order valence-corrected chi connectivity index (χ1v) is 10.5. The lowest BCUT2D eigenvalue weighted by Crippen LogP contribution is -2.40. The lowest BCUT2D eigenvalue weighted by Gasteiger charge is -2.26. The van der Waals surface area contributed by atoms with Crippen molar-refractivity contribution in [2.45, 2.75) is 45.6 Å². The first-order valence-electron chi connectivity index (χ1n) is 10.5. The van der Waals surface area contributed by atoms with E-state index in [0.29, 0.717) is 13.1 Å². The largest absolute Gasteiger partial charge is 0.322 e. The van der Waals surface area contributed by atoms with Crippen LogP contribution in [0.15, 0.2) is 48.5 Å². The molecule has 0 spiro atoms. The Bertz CT molecular complexity index is 808. The van der Waals surface area contributed by atoms with Gasteiger partial charge in [0, 0.05) is 19.6 Å². The highest BCUT2D eigenvalue weighted by molar-refractivity contribution is 5.89. The third kappa shape index (κ3) is 6.04. The molecule has 0 saturated carbocycles. The third-order valence-corrected chi connectivity index (χ3v) is 5.48. The van der Waals surface area contributed by atoms with E-state index in [1.807, 2.05) is 0 Å². The SMILES string of the molecule is CC(C)(C)c1ccc(CN(CCN2CCCC2)C(=O)Nc2ccccc2F)cc1. The summed E-state index contributed by atoms with van der Waals surface area (Å²) in [5, 5.41) is 2.74. The van der Waals surface area contributed by atoms with Crippen molar-refractivity contribution in [2.75, 3.05) is 31.5 Å². The number of urea groups is 1. The molecule has 0 unspecified atom stereocenters. The minimum absolute atomic E-state index is 0.0934. The predicted octanol–water partition coefficient (Wildman–Crippen LogP) is 5.25. The van der Waals surface area contributed by atoms with E-state index < -0.39 is 5.82 Å². The van der Waals surface area contributed by atoms with Gasteiger partial charge in [0.2, 0.25) is 0 Å². The van der Waals surface area contributed by atoms with Crippen LogP contribution in [0.5, 0.6) is 0 Å². The molecule has 2 aromatic rings.